The first-order valence-electron chi connectivity index (χ1n) is 4.91. The Hall–Kier alpha value is -0.430. The molecule has 3 heteroatoms. The quantitative estimate of drug-likeness (QED) is 0.712. The molecule has 0 saturated carbocycles. The van der Waals surface area contributed by atoms with Gasteiger partial charge in [-0.15, -0.1) is 9.24 Å². The van der Waals surface area contributed by atoms with E-state index in [-0.39, 0.29) is 0 Å². The molecule has 0 bridgehead atoms. The normalized spacial score (nSPS) is 19.8. The van der Waals surface area contributed by atoms with E-state index in [4.69, 9.17) is 9.47 Å². The third-order valence-corrected chi connectivity index (χ3v) is 2.73. The molecule has 1 fully saturated rings. The van der Waals surface area contributed by atoms with Gasteiger partial charge in [0, 0.05) is 12.0 Å². The summed E-state index contributed by atoms with van der Waals surface area (Å²) >= 11 is 0. The van der Waals surface area contributed by atoms with E-state index in [0.717, 1.165) is 18.1 Å². The van der Waals surface area contributed by atoms with Crippen LogP contribution in [-0.4, -0.2) is 19.4 Å². The van der Waals surface area contributed by atoms with E-state index >= 15 is 0 Å². The first-order chi connectivity index (χ1) is 6.87. The van der Waals surface area contributed by atoms with Crippen LogP contribution in [0.2, 0.25) is 0 Å². The SMILES string of the molecule is PCCC1(c2ccccc2)OCCO1. The van der Waals surface area contributed by atoms with E-state index < -0.39 is 5.79 Å². The summed E-state index contributed by atoms with van der Waals surface area (Å²) in [5.41, 5.74) is 1.12. The lowest BCUT2D eigenvalue weighted by molar-refractivity contribution is -0.166. The van der Waals surface area contributed by atoms with Gasteiger partial charge in [-0.25, -0.2) is 0 Å². The molecule has 1 aliphatic heterocycles. The van der Waals surface area contributed by atoms with Crippen LogP contribution in [0.4, 0.5) is 0 Å². The first-order valence-corrected chi connectivity index (χ1v) is 5.72. The molecule has 0 aromatic heterocycles. The monoisotopic (exact) mass is 210 g/mol. The van der Waals surface area contributed by atoms with Crippen LogP contribution in [0.1, 0.15) is 12.0 Å². The molecular weight excluding hydrogens is 195 g/mol. The fourth-order valence-electron chi connectivity index (χ4n) is 1.79. The molecule has 2 nitrogen and oxygen atoms in total. The zero-order chi connectivity index (χ0) is 9.86. The summed E-state index contributed by atoms with van der Waals surface area (Å²) < 4.78 is 11.5. The highest BCUT2D eigenvalue weighted by Gasteiger charge is 2.37. The zero-order valence-electron chi connectivity index (χ0n) is 8.11. The number of hydrogen-bond donors (Lipinski definition) is 0. The second-order valence-corrected chi connectivity index (χ2v) is 3.93. The summed E-state index contributed by atoms with van der Waals surface area (Å²) in [6, 6.07) is 10.2. The smallest absolute Gasteiger partial charge is 0.195 e. The lowest BCUT2D eigenvalue weighted by Crippen LogP contribution is -2.27. The van der Waals surface area contributed by atoms with Crippen LogP contribution in [0.25, 0.3) is 0 Å². The molecule has 14 heavy (non-hydrogen) atoms. The topological polar surface area (TPSA) is 18.5 Å². The Morgan fingerprint density at radius 1 is 1.14 bits per heavy atom. The number of ether oxygens (including phenoxy) is 2. The molecule has 0 N–H and O–H groups in total. The molecule has 0 spiro atoms. The highest BCUT2D eigenvalue weighted by molar-refractivity contribution is 7.16. The van der Waals surface area contributed by atoms with Gasteiger partial charge in [0.25, 0.3) is 0 Å². The average Bonchev–Trinajstić information content (AvgIpc) is 2.70. The highest BCUT2D eigenvalue weighted by Crippen LogP contribution is 2.35. The molecule has 1 heterocycles. The fraction of sp³-hybridized carbons (Fsp3) is 0.455. The fourth-order valence-corrected chi connectivity index (χ4v) is 2.17. The maximum atomic E-state index is 5.73. The van der Waals surface area contributed by atoms with Crippen LogP contribution in [-0.2, 0) is 15.3 Å². The molecule has 76 valence electrons. The molecule has 1 aromatic rings. The van der Waals surface area contributed by atoms with Crippen LogP contribution in [0.5, 0.6) is 0 Å². The van der Waals surface area contributed by atoms with Crippen molar-refractivity contribution in [3.63, 3.8) is 0 Å². The van der Waals surface area contributed by atoms with Gasteiger partial charge in [-0.05, 0) is 6.16 Å². The number of rotatable bonds is 3. The molecule has 0 aliphatic carbocycles. The minimum atomic E-state index is -0.483. The molecule has 0 amide bonds. The summed E-state index contributed by atoms with van der Waals surface area (Å²) in [6.45, 7) is 1.39. The van der Waals surface area contributed by atoms with E-state index in [1.165, 1.54) is 0 Å². The Morgan fingerprint density at radius 3 is 2.36 bits per heavy atom. The third kappa shape index (κ3) is 1.83. The van der Waals surface area contributed by atoms with Crippen LogP contribution >= 0.6 is 9.24 Å². The van der Waals surface area contributed by atoms with Crippen molar-refractivity contribution in [2.24, 2.45) is 0 Å². The Labute approximate surface area is 86.8 Å². The lowest BCUT2D eigenvalue weighted by atomic mass is 10.0. The van der Waals surface area contributed by atoms with Crippen molar-refractivity contribution in [1.82, 2.24) is 0 Å². The molecule has 1 aromatic carbocycles. The summed E-state index contributed by atoms with van der Waals surface area (Å²) in [6.07, 6.45) is 1.87. The third-order valence-electron chi connectivity index (χ3n) is 2.44. The van der Waals surface area contributed by atoms with Gasteiger partial charge < -0.3 is 9.47 Å². The maximum Gasteiger partial charge on any atom is 0.195 e. The van der Waals surface area contributed by atoms with Crippen LogP contribution in [0.3, 0.4) is 0 Å². The van der Waals surface area contributed by atoms with Crippen molar-refractivity contribution >= 4 is 9.24 Å². The van der Waals surface area contributed by atoms with Gasteiger partial charge in [-0.1, -0.05) is 30.3 Å². The summed E-state index contributed by atoms with van der Waals surface area (Å²) in [5, 5.41) is 0. The Balaban J connectivity index is 2.27. The van der Waals surface area contributed by atoms with Gasteiger partial charge in [0.1, 0.15) is 0 Å². The highest BCUT2D eigenvalue weighted by atomic mass is 31.0. The van der Waals surface area contributed by atoms with Gasteiger partial charge in [-0.3, -0.25) is 0 Å². The second kappa shape index (κ2) is 4.39. The van der Waals surface area contributed by atoms with Crippen molar-refractivity contribution in [1.29, 1.82) is 0 Å². The predicted molar refractivity (Wildman–Crippen MR) is 59.2 cm³/mol. The van der Waals surface area contributed by atoms with E-state index in [0.29, 0.717) is 13.2 Å². The van der Waals surface area contributed by atoms with Gasteiger partial charge in [0.2, 0.25) is 0 Å². The van der Waals surface area contributed by atoms with Crippen molar-refractivity contribution in [3.05, 3.63) is 35.9 Å². The average molecular weight is 210 g/mol. The zero-order valence-corrected chi connectivity index (χ0v) is 9.26. The van der Waals surface area contributed by atoms with Crippen molar-refractivity contribution in [2.45, 2.75) is 12.2 Å². The van der Waals surface area contributed by atoms with Gasteiger partial charge in [0.15, 0.2) is 5.79 Å². The largest absolute Gasteiger partial charge is 0.343 e. The number of benzene rings is 1. The second-order valence-electron chi connectivity index (χ2n) is 3.35. The lowest BCUT2D eigenvalue weighted by Gasteiger charge is -2.27. The van der Waals surface area contributed by atoms with E-state index in [9.17, 15) is 0 Å². The standard InChI is InChI=1S/C11H15O2P/c14-9-6-11(12-7-8-13-11)10-4-2-1-3-5-10/h1-5H,6-9,14H2. The minimum absolute atomic E-state index is 0.483. The van der Waals surface area contributed by atoms with Gasteiger partial charge in [0.05, 0.1) is 13.2 Å². The summed E-state index contributed by atoms with van der Waals surface area (Å²) in [5.74, 6) is -0.483. The van der Waals surface area contributed by atoms with E-state index in [1.807, 2.05) is 18.2 Å². The van der Waals surface area contributed by atoms with Crippen LogP contribution in [0, 0.1) is 0 Å². The molecule has 2 rings (SSSR count). The molecule has 1 saturated heterocycles. The van der Waals surface area contributed by atoms with E-state index in [1.54, 1.807) is 0 Å². The predicted octanol–water partition coefficient (Wildman–Crippen LogP) is 2.15. The summed E-state index contributed by atoms with van der Waals surface area (Å²) in [7, 11) is 2.72. The molecule has 0 radical (unpaired) electrons. The van der Waals surface area contributed by atoms with Crippen molar-refractivity contribution < 1.29 is 9.47 Å². The Morgan fingerprint density at radius 2 is 1.79 bits per heavy atom. The first kappa shape index (κ1) is 10.1. The maximum absolute atomic E-state index is 5.73. The van der Waals surface area contributed by atoms with Crippen LogP contribution < -0.4 is 0 Å². The number of hydrogen-bond acceptors (Lipinski definition) is 2. The molecular formula is C11H15O2P. The summed E-state index contributed by atoms with van der Waals surface area (Å²) in [4.78, 5) is 0. The molecule has 1 atom stereocenters. The van der Waals surface area contributed by atoms with Gasteiger partial charge >= 0.3 is 0 Å². The van der Waals surface area contributed by atoms with E-state index in [2.05, 4.69) is 21.4 Å². The molecule has 1 unspecified atom stereocenters. The van der Waals surface area contributed by atoms with Crippen molar-refractivity contribution in [2.75, 3.05) is 19.4 Å². The van der Waals surface area contributed by atoms with Crippen molar-refractivity contribution in [3.8, 4) is 0 Å². The molecule has 1 aliphatic rings. The Bertz CT molecular complexity index is 281. The van der Waals surface area contributed by atoms with Crippen LogP contribution in [0.15, 0.2) is 30.3 Å². The minimum Gasteiger partial charge on any atom is -0.343 e. The van der Waals surface area contributed by atoms with Gasteiger partial charge in [-0.2, -0.15) is 0 Å². The Kier molecular flexibility index (Phi) is 3.17.